The van der Waals surface area contributed by atoms with Crippen LogP contribution in [0.1, 0.15) is 25.7 Å². The monoisotopic (exact) mass is 266 g/mol. The summed E-state index contributed by atoms with van der Waals surface area (Å²) in [6.45, 7) is 5.98. The lowest BCUT2D eigenvalue weighted by molar-refractivity contribution is 0.203. The molecule has 0 saturated carbocycles. The lowest BCUT2D eigenvalue weighted by Gasteiger charge is -2.34. The number of likely N-dealkylation sites (tertiary alicyclic amines) is 2. The van der Waals surface area contributed by atoms with Gasteiger partial charge in [-0.3, -0.25) is 0 Å². The highest BCUT2D eigenvalue weighted by atomic mass is 32.2. The number of thioether (sulfide) groups is 1. The fourth-order valence-electron chi connectivity index (χ4n) is 2.93. The molecule has 5 heteroatoms. The number of piperidine rings is 1. The second-order valence-electron chi connectivity index (χ2n) is 5.14. The molecule has 2 aliphatic rings. The van der Waals surface area contributed by atoms with E-state index in [1.54, 1.807) is 11.8 Å². The quantitative estimate of drug-likeness (QED) is 0.435. The van der Waals surface area contributed by atoms with Crippen molar-refractivity contribution in [2.24, 2.45) is 10.9 Å². The summed E-state index contributed by atoms with van der Waals surface area (Å²) in [4.78, 5) is 8.76. The summed E-state index contributed by atoms with van der Waals surface area (Å²) < 4.78 is 0. The molecule has 0 N–H and O–H groups in total. The fraction of sp³-hybridized carbons (Fsp3) is 0.846. The van der Waals surface area contributed by atoms with Gasteiger partial charge in [-0.2, -0.15) is 5.26 Å². The van der Waals surface area contributed by atoms with Crippen LogP contribution < -0.4 is 0 Å². The molecule has 0 spiro atoms. The third kappa shape index (κ3) is 3.63. The van der Waals surface area contributed by atoms with Crippen LogP contribution in [0.3, 0.4) is 0 Å². The second-order valence-corrected chi connectivity index (χ2v) is 5.91. The summed E-state index contributed by atoms with van der Waals surface area (Å²) in [5.74, 6) is 0.838. The van der Waals surface area contributed by atoms with E-state index in [9.17, 15) is 0 Å². The van der Waals surface area contributed by atoms with E-state index in [0.29, 0.717) is 0 Å². The van der Waals surface area contributed by atoms with Gasteiger partial charge in [0.25, 0.3) is 0 Å². The number of rotatable bonds is 2. The molecule has 2 fully saturated rings. The Kier molecular flexibility index (Phi) is 5.33. The molecule has 0 atom stereocenters. The van der Waals surface area contributed by atoms with E-state index in [0.717, 1.165) is 24.2 Å². The maximum atomic E-state index is 8.66. The van der Waals surface area contributed by atoms with Gasteiger partial charge in [0.2, 0.25) is 6.19 Å². The van der Waals surface area contributed by atoms with Gasteiger partial charge < -0.3 is 9.80 Å². The molecule has 0 bridgehead atoms. The molecule has 0 unspecified atom stereocenters. The smallest absolute Gasteiger partial charge is 0.208 e. The first-order valence-electron chi connectivity index (χ1n) is 6.81. The maximum absolute atomic E-state index is 8.66. The Hall–Kier alpha value is -0.730. The van der Waals surface area contributed by atoms with Crippen molar-refractivity contribution in [1.82, 2.24) is 9.80 Å². The molecule has 4 nitrogen and oxygen atoms in total. The fourth-order valence-corrected chi connectivity index (χ4v) is 3.50. The molecule has 0 aliphatic carbocycles. The minimum atomic E-state index is 0.838. The van der Waals surface area contributed by atoms with Gasteiger partial charge in [0.15, 0.2) is 5.17 Å². The van der Waals surface area contributed by atoms with Crippen LogP contribution in [0.2, 0.25) is 0 Å². The Labute approximate surface area is 114 Å². The largest absolute Gasteiger partial charge is 0.351 e. The average Bonchev–Trinajstić information content (AvgIpc) is 2.90. The third-order valence-corrected chi connectivity index (χ3v) is 4.64. The predicted octanol–water partition coefficient (Wildman–Crippen LogP) is 1.99. The average molecular weight is 266 g/mol. The van der Waals surface area contributed by atoms with Gasteiger partial charge in [0, 0.05) is 19.6 Å². The van der Waals surface area contributed by atoms with Gasteiger partial charge in [0.05, 0.1) is 0 Å². The lowest BCUT2D eigenvalue weighted by atomic mass is 9.96. The maximum Gasteiger partial charge on any atom is 0.208 e. The summed E-state index contributed by atoms with van der Waals surface area (Å²) in [5.41, 5.74) is 0. The van der Waals surface area contributed by atoms with Crippen molar-refractivity contribution in [2.45, 2.75) is 25.7 Å². The van der Waals surface area contributed by atoms with Crippen molar-refractivity contribution < 1.29 is 0 Å². The van der Waals surface area contributed by atoms with Gasteiger partial charge in [0.1, 0.15) is 0 Å². The molecule has 2 saturated heterocycles. The summed E-state index contributed by atoms with van der Waals surface area (Å²) >= 11 is 1.58. The van der Waals surface area contributed by atoms with Crippen molar-refractivity contribution in [3.63, 3.8) is 0 Å². The first-order chi connectivity index (χ1) is 8.83. The van der Waals surface area contributed by atoms with E-state index in [1.807, 2.05) is 12.4 Å². The Morgan fingerprint density at radius 1 is 1.28 bits per heavy atom. The number of nitrogens with zero attached hydrogens (tertiary/aromatic N) is 4. The van der Waals surface area contributed by atoms with Crippen molar-refractivity contribution >= 4 is 16.9 Å². The predicted molar refractivity (Wildman–Crippen MR) is 76.5 cm³/mol. The number of hydrogen-bond acceptors (Lipinski definition) is 4. The Morgan fingerprint density at radius 2 is 1.94 bits per heavy atom. The lowest BCUT2D eigenvalue weighted by Crippen LogP contribution is -2.40. The standard InChI is InChI=1S/C13H22N4S/c1-18-13(15-11-14)17-8-4-12(5-9-17)10-16-6-2-3-7-16/h12H,2-10H2,1H3. The molecule has 0 aromatic carbocycles. The molecular weight excluding hydrogens is 244 g/mol. The third-order valence-electron chi connectivity index (χ3n) is 3.93. The highest BCUT2D eigenvalue weighted by Gasteiger charge is 2.24. The van der Waals surface area contributed by atoms with Crippen molar-refractivity contribution in [3.05, 3.63) is 0 Å². The van der Waals surface area contributed by atoms with Crippen LogP contribution in [-0.4, -0.2) is 53.9 Å². The number of aliphatic imine (C=N–C) groups is 1. The first-order valence-corrected chi connectivity index (χ1v) is 8.04. The first kappa shape index (κ1) is 13.7. The molecular formula is C13H22N4S. The highest BCUT2D eigenvalue weighted by molar-refractivity contribution is 8.13. The molecule has 18 heavy (non-hydrogen) atoms. The minimum Gasteiger partial charge on any atom is -0.351 e. The Morgan fingerprint density at radius 3 is 2.50 bits per heavy atom. The van der Waals surface area contributed by atoms with Crippen molar-refractivity contribution in [2.75, 3.05) is 39.0 Å². The molecule has 2 aliphatic heterocycles. The summed E-state index contributed by atoms with van der Waals surface area (Å²) in [6.07, 6.45) is 9.13. The van der Waals surface area contributed by atoms with E-state index < -0.39 is 0 Å². The Balaban J connectivity index is 1.77. The van der Waals surface area contributed by atoms with Crippen LogP contribution >= 0.6 is 11.8 Å². The zero-order valence-corrected chi connectivity index (χ0v) is 12.0. The number of nitriles is 1. The van der Waals surface area contributed by atoms with Crippen LogP contribution in [0, 0.1) is 17.4 Å². The number of amidine groups is 1. The normalized spacial score (nSPS) is 23.3. The molecule has 0 amide bonds. The highest BCUT2D eigenvalue weighted by Crippen LogP contribution is 2.22. The van der Waals surface area contributed by atoms with E-state index in [-0.39, 0.29) is 0 Å². The zero-order chi connectivity index (χ0) is 12.8. The van der Waals surface area contributed by atoms with Crippen LogP contribution in [0.4, 0.5) is 0 Å². The van der Waals surface area contributed by atoms with Gasteiger partial charge in [-0.05, 0) is 50.9 Å². The van der Waals surface area contributed by atoms with Gasteiger partial charge in [-0.15, -0.1) is 4.99 Å². The molecule has 100 valence electrons. The van der Waals surface area contributed by atoms with Crippen molar-refractivity contribution in [1.29, 1.82) is 5.26 Å². The Bertz CT molecular complexity index is 322. The van der Waals surface area contributed by atoms with Crippen molar-refractivity contribution in [3.8, 4) is 6.19 Å². The summed E-state index contributed by atoms with van der Waals surface area (Å²) in [5, 5.41) is 9.54. The van der Waals surface area contributed by atoms with Crippen LogP contribution in [0.15, 0.2) is 4.99 Å². The van der Waals surface area contributed by atoms with Crippen LogP contribution in [-0.2, 0) is 0 Å². The van der Waals surface area contributed by atoms with E-state index in [2.05, 4.69) is 14.8 Å². The minimum absolute atomic E-state index is 0.838. The van der Waals surface area contributed by atoms with E-state index in [4.69, 9.17) is 5.26 Å². The van der Waals surface area contributed by atoms with Crippen LogP contribution in [0.5, 0.6) is 0 Å². The van der Waals surface area contributed by atoms with E-state index >= 15 is 0 Å². The van der Waals surface area contributed by atoms with Gasteiger partial charge in [-0.25, -0.2) is 0 Å². The SMILES string of the molecule is CSC(=NC#N)N1CCC(CN2CCCC2)CC1. The zero-order valence-electron chi connectivity index (χ0n) is 11.1. The van der Waals surface area contributed by atoms with Crippen LogP contribution in [0.25, 0.3) is 0 Å². The van der Waals surface area contributed by atoms with Gasteiger partial charge in [-0.1, -0.05) is 11.8 Å². The van der Waals surface area contributed by atoms with E-state index in [1.165, 1.54) is 45.3 Å². The molecule has 0 aromatic rings. The topological polar surface area (TPSA) is 42.6 Å². The number of hydrogen-bond donors (Lipinski definition) is 0. The molecule has 2 heterocycles. The van der Waals surface area contributed by atoms with Gasteiger partial charge >= 0.3 is 0 Å². The second kappa shape index (κ2) is 7.01. The summed E-state index contributed by atoms with van der Waals surface area (Å²) in [7, 11) is 0. The molecule has 0 aromatic heterocycles. The molecule has 0 radical (unpaired) electrons. The summed E-state index contributed by atoms with van der Waals surface area (Å²) in [6, 6.07) is 0. The molecule has 2 rings (SSSR count).